The van der Waals surface area contributed by atoms with Crippen molar-refractivity contribution in [3.05, 3.63) is 35.2 Å². The summed E-state index contributed by atoms with van der Waals surface area (Å²) in [5.74, 6) is 0.794. The number of benzene rings is 1. The highest BCUT2D eigenvalue weighted by Crippen LogP contribution is 2.22. The minimum Gasteiger partial charge on any atom is -0.379 e. The monoisotopic (exact) mass is 368 g/mol. The van der Waals surface area contributed by atoms with Gasteiger partial charge in [0.2, 0.25) is 0 Å². The largest absolute Gasteiger partial charge is 0.379 e. The fourth-order valence-corrected chi connectivity index (χ4v) is 4.01. The average molecular weight is 368 g/mol. The second-order valence-electron chi connectivity index (χ2n) is 7.75. The molecule has 27 heavy (non-hydrogen) atoms. The van der Waals surface area contributed by atoms with Crippen LogP contribution in [0.2, 0.25) is 0 Å². The Morgan fingerprint density at radius 1 is 1.04 bits per heavy atom. The summed E-state index contributed by atoms with van der Waals surface area (Å²) in [4.78, 5) is 26.6. The van der Waals surface area contributed by atoms with Crippen molar-refractivity contribution in [3.8, 4) is 0 Å². The summed E-state index contributed by atoms with van der Waals surface area (Å²) in [5, 5.41) is 0. The summed E-state index contributed by atoms with van der Waals surface area (Å²) in [6.07, 6.45) is 2.16. The van der Waals surface area contributed by atoms with Crippen molar-refractivity contribution >= 4 is 16.9 Å². The first kappa shape index (κ1) is 18.3. The molecule has 1 aromatic heterocycles. The van der Waals surface area contributed by atoms with Gasteiger partial charge < -0.3 is 9.64 Å². The molecule has 1 aromatic carbocycles. The number of aromatic nitrogens is 2. The van der Waals surface area contributed by atoms with Gasteiger partial charge >= 0.3 is 0 Å². The van der Waals surface area contributed by atoms with Gasteiger partial charge in [0.25, 0.3) is 5.91 Å². The number of carbonyl (C=O) groups excluding carboxylic acids is 1. The number of amides is 1. The summed E-state index contributed by atoms with van der Waals surface area (Å²) in [6, 6.07) is 5.68. The van der Waals surface area contributed by atoms with Crippen molar-refractivity contribution in [3.63, 3.8) is 0 Å². The first-order valence-electron chi connectivity index (χ1n) is 9.94. The summed E-state index contributed by atoms with van der Waals surface area (Å²) in [7, 11) is 0. The van der Waals surface area contributed by atoms with Gasteiger partial charge in [-0.3, -0.25) is 9.69 Å². The number of hydrogen-bond acceptors (Lipinski definition) is 5. The molecule has 3 heterocycles. The molecule has 2 aromatic rings. The molecule has 2 fully saturated rings. The minimum atomic E-state index is 0.113. The average Bonchev–Trinajstić information content (AvgIpc) is 2.69. The van der Waals surface area contributed by atoms with Gasteiger partial charge in [0, 0.05) is 38.3 Å². The Balaban J connectivity index is 1.38. The van der Waals surface area contributed by atoms with Gasteiger partial charge in [0.1, 0.15) is 0 Å². The molecule has 0 N–H and O–H groups in total. The van der Waals surface area contributed by atoms with Crippen LogP contribution in [0.5, 0.6) is 0 Å². The first-order valence-corrected chi connectivity index (χ1v) is 9.94. The van der Waals surface area contributed by atoms with Crippen LogP contribution in [0.1, 0.15) is 34.6 Å². The quantitative estimate of drug-likeness (QED) is 0.833. The Morgan fingerprint density at radius 3 is 2.41 bits per heavy atom. The molecule has 2 aliphatic heterocycles. The molecule has 0 saturated carbocycles. The van der Waals surface area contributed by atoms with E-state index in [1.54, 1.807) is 0 Å². The van der Waals surface area contributed by atoms with Gasteiger partial charge in [-0.2, -0.15) is 0 Å². The van der Waals surface area contributed by atoms with Crippen LogP contribution in [0, 0.1) is 19.8 Å². The minimum absolute atomic E-state index is 0.113. The summed E-state index contributed by atoms with van der Waals surface area (Å²) in [5.41, 5.74) is 4.21. The van der Waals surface area contributed by atoms with E-state index < -0.39 is 0 Å². The van der Waals surface area contributed by atoms with E-state index >= 15 is 0 Å². The third-order valence-electron chi connectivity index (χ3n) is 5.84. The molecule has 0 unspecified atom stereocenters. The Labute approximate surface area is 160 Å². The van der Waals surface area contributed by atoms with Crippen molar-refractivity contribution in [2.24, 2.45) is 5.92 Å². The van der Waals surface area contributed by atoms with Crippen LogP contribution in [0.4, 0.5) is 0 Å². The van der Waals surface area contributed by atoms with E-state index in [0.29, 0.717) is 11.5 Å². The maximum atomic E-state index is 12.9. The van der Waals surface area contributed by atoms with Gasteiger partial charge in [-0.1, -0.05) is 0 Å². The number of nitrogens with zero attached hydrogens (tertiary/aromatic N) is 4. The Hall–Kier alpha value is -2.05. The molecule has 2 aliphatic rings. The lowest BCUT2D eigenvalue weighted by molar-refractivity contribution is 0.0243. The second-order valence-corrected chi connectivity index (χ2v) is 7.75. The highest BCUT2D eigenvalue weighted by molar-refractivity contribution is 5.97. The Bertz CT molecular complexity index is 824. The molecule has 6 heteroatoms. The number of ether oxygens (including phenoxy) is 1. The second kappa shape index (κ2) is 7.90. The van der Waals surface area contributed by atoms with Crippen LogP contribution in [0.15, 0.2) is 18.2 Å². The summed E-state index contributed by atoms with van der Waals surface area (Å²) < 4.78 is 5.43. The van der Waals surface area contributed by atoms with E-state index in [0.717, 1.165) is 81.2 Å². The smallest absolute Gasteiger partial charge is 0.253 e. The van der Waals surface area contributed by atoms with Crippen LogP contribution in [-0.2, 0) is 4.74 Å². The maximum Gasteiger partial charge on any atom is 0.253 e. The standard InChI is InChI=1S/C21H28N4O2/c1-15-16(2)23-20-13-18(3-4-19(20)22-15)21(26)25-7-5-17(6-8-25)14-24-9-11-27-12-10-24/h3-4,13,17H,5-12,14H2,1-2H3. The fourth-order valence-electron chi connectivity index (χ4n) is 4.01. The molecular weight excluding hydrogens is 340 g/mol. The molecule has 144 valence electrons. The normalized spacial score (nSPS) is 19.6. The van der Waals surface area contributed by atoms with Crippen LogP contribution < -0.4 is 0 Å². The Morgan fingerprint density at radius 2 is 1.70 bits per heavy atom. The van der Waals surface area contributed by atoms with Crippen molar-refractivity contribution in [1.29, 1.82) is 0 Å². The van der Waals surface area contributed by atoms with Crippen molar-refractivity contribution < 1.29 is 9.53 Å². The molecule has 4 rings (SSSR count). The van der Waals surface area contributed by atoms with Crippen molar-refractivity contribution in [2.45, 2.75) is 26.7 Å². The first-order chi connectivity index (χ1) is 13.1. The van der Waals surface area contributed by atoms with Crippen LogP contribution in [-0.4, -0.2) is 71.6 Å². The van der Waals surface area contributed by atoms with Gasteiger partial charge in [-0.15, -0.1) is 0 Å². The van der Waals surface area contributed by atoms with E-state index in [2.05, 4.69) is 14.9 Å². The summed E-state index contributed by atoms with van der Waals surface area (Å²) >= 11 is 0. The number of hydrogen-bond donors (Lipinski definition) is 0. The van der Waals surface area contributed by atoms with Crippen LogP contribution in [0.3, 0.4) is 0 Å². The zero-order valence-corrected chi connectivity index (χ0v) is 16.3. The van der Waals surface area contributed by atoms with E-state index in [-0.39, 0.29) is 5.91 Å². The predicted octanol–water partition coefficient (Wildman–Crippen LogP) is 2.43. The zero-order valence-electron chi connectivity index (χ0n) is 16.3. The third kappa shape index (κ3) is 4.12. The SMILES string of the molecule is Cc1nc2ccc(C(=O)N3CCC(CN4CCOCC4)CC3)cc2nc1C. The molecule has 0 bridgehead atoms. The topological polar surface area (TPSA) is 58.6 Å². The molecule has 0 radical (unpaired) electrons. The summed E-state index contributed by atoms with van der Waals surface area (Å²) in [6.45, 7) is 10.5. The van der Waals surface area contributed by atoms with E-state index in [1.807, 2.05) is 36.9 Å². The Kier molecular flexibility index (Phi) is 5.36. The molecule has 1 amide bonds. The van der Waals surface area contributed by atoms with Gasteiger partial charge in [-0.25, -0.2) is 9.97 Å². The van der Waals surface area contributed by atoms with E-state index in [4.69, 9.17) is 4.74 Å². The number of rotatable bonds is 3. The van der Waals surface area contributed by atoms with Crippen LogP contribution >= 0.6 is 0 Å². The lowest BCUT2D eigenvalue weighted by atomic mass is 9.95. The highest BCUT2D eigenvalue weighted by Gasteiger charge is 2.25. The number of likely N-dealkylation sites (tertiary alicyclic amines) is 1. The lowest BCUT2D eigenvalue weighted by Crippen LogP contribution is -2.44. The van der Waals surface area contributed by atoms with E-state index in [9.17, 15) is 4.79 Å². The number of morpholine rings is 1. The van der Waals surface area contributed by atoms with Gasteiger partial charge in [0.05, 0.1) is 35.6 Å². The predicted molar refractivity (Wildman–Crippen MR) is 105 cm³/mol. The number of fused-ring (bicyclic) bond motifs is 1. The van der Waals surface area contributed by atoms with Gasteiger partial charge in [-0.05, 0) is 50.8 Å². The lowest BCUT2D eigenvalue weighted by Gasteiger charge is -2.36. The maximum absolute atomic E-state index is 12.9. The van der Waals surface area contributed by atoms with Crippen molar-refractivity contribution in [1.82, 2.24) is 19.8 Å². The van der Waals surface area contributed by atoms with Gasteiger partial charge in [0.15, 0.2) is 0 Å². The zero-order chi connectivity index (χ0) is 18.8. The highest BCUT2D eigenvalue weighted by atomic mass is 16.5. The molecule has 0 aliphatic carbocycles. The number of carbonyl (C=O) groups is 1. The van der Waals surface area contributed by atoms with Crippen LogP contribution in [0.25, 0.3) is 11.0 Å². The third-order valence-corrected chi connectivity index (χ3v) is 5.84. The molecule has 0 atom stereocenters. The van der Waals surface area contributed by atoms with E-state index in [1.165, 1.54) is 0 Å². The fraction of sp³-hybridized carbons (Fsp3) is 0.571. The molecule has 0 spiro atoms. The van der Waals surface area contributed by atoms with Crippen molar-refractivity contribution in [2.75, 3.05) is 45.9 Å². The number of aryl methyl sites for hydroxylation is 2. The molecular formula is C21H28N4O2. The number of piperidine rings is 1. The molecule has 6 nitrogen and oxygen atoms in total. The molecule has 2 saturated heterocycles.